The van der Waals surface area contributed by atoms with E-state index in [1.807, 2.05) is 30.3 Å². The number of rotatable bonds is 3. The molecule has 1 amide bonds. The van der Waals surface area contributed by atoms with Gasteiger partial charge < -0.3 is 0 Å². The predicted octanol–water partition coefficient (Wildman–Crippen LogP) is 1.34. The molecule has 0 aliphatic carbocycles. The molecule has 0 radical (unpaired) electrons. The standard InChI is InChI=1S/C11H11N3OS/c12-14-11(15)9-7-13-10(16-9)6-8-4-2-1-3-5-8/h1-5,7H,6,12H2,(H,14,15). The summed E-state index contributed by atoms with van der Waals surface area (Å²) in [6, 6.07) is 10.00. The molecule has 0 aliphatic rings. The van der Waals surface area contributed by atoms with Crippen LogP contribution in [0, 0.1) is 0 Å². The largest absolute Gasteiger partial charge is 0.289 e. The molecule has 0 atom stereocenters. The summed E-state index contributed by atoms with van der Waals surface area (Å²) in [5.41, 5.74) is 3.27. The van der Waals surface area contributed by atoms with Gasteiger partial charge in [-0.1, -0.05) is 30.3 Å². The van der Waals surface area contributed by atoms with Gasteiger partial charge in [0.1, 0.15) is 4.88 Å². The molecule has 0 bridgehead atoms. The van der Waals surface area contributed by atoms with Crippen LogP contribution in [0.25, 0.3) is 0 Å². The summed E-state index contributed by atoms with van der Waals surface area (Å²) in [5, 5.41) is 0.907. The topological polar surface area (TPSA) is 68.0 Å². The fraction of sp³-hybridized carbons (Fsp3) is 0.0909. The second-order valence-electron chi connectivity index (χ2n) is 3.25. The number of nitrogen functional groups attached to an aromatic ring is 1. The Balaban J connectivity index is 2.12. The number of hydrazine groups is 1. The molecular formula is C11H11N3OS. The zero-order valence-corrected chi connectivity index (χ0v) is 9.33. The smallest absolute Gasteiger partial charge is 0.276 e. The molecule has 0 unspecified atom stereocenters. The fourth-order valence-electron chi connectivity index (χ4n) is 1.34. The number of aromatic nitrogens is 1. The lowest BCUT2D eigenvalue weighted by Gasteiger charge is -1.96. The van der Waals surface area contributed by atoms with Crippen molar-refractivity contribution < 1.29 is 4.79 Å². The van der Waals surface area contributed by atoms with E-state index in [0.717, 1.165) is 11.4 Å². The van der Waals surface area contributed by atoms with E-state index in [0.29, 0.717) is 4.88 Å². The third-order valence-electron chi connectivity index (χ3n) is 2.11. The Bertz CT molecular complexity index is 481. The van der Waals surface area contributed by atoms with Crippen LogP contribution in [0.1, 0.15) is 20.2 Å². The Hall–Kier alpha value is -1.72. The van der Waals surface area contributed by atoms with Crippen LogP contribution in [0.4, 0.5) is 0 Å². The van der Waals surface area contributed by atoms with Crippen LogP contribution in [-0.2, 0) is 6.42 Å². The highest BCUT2D eigenvalue weighted by molar-refractivity contribution is 7.13. The summed E-state index contributed by atoms with van der Waals surface area (Å²) in [6.45, 7) is 0. The van der Waals surface area contributed by atoms with Crippen molar-refractivity contribution >= 4 is 17.2 Å². The van der Waals surface area contributed by atoms with Gasteiger partial charge in [-0.15, -0.1) is 11.3 Å². The van der Waals surface area contributed by atoms with Crippen LogP contribution in [0.5, 0.6) is 0 Å². The summed E-state index contributed by atoms with van der Waals surface area (Å²) < 4.78 is 0. The zero-order chi connectivity index (χ0) is 11.4. The molecule has 0 aliphatic heterocycles. The molecule has 3 N–H and O–H groups in total. The average Bonchev–Trinajstić information content (AvgIpc) is 2.78. The minimum Gasteiger partial charge on any atom is -0.289 e. The summed E-state index contributed by atoms with van der Waals surface area (Å²) in [6.07, 6.45) is 2.29. The normalized spacial score (nSPS) is 10.1. The Kier molecular flexibility index (Phi) is 3.28. The number of hydrogen-bond donors (Lipinski definition) is 2. The van der Waals surface area contributed by atoms with E-state index in [4.69, 9.17) is 5.84 Å². The molecule has 4 nitrogen and oxygen atoms in total. The molecule has 5 heteroatoms. The lowest BCUT2D eigenvalue weighted by molar-refractivity contribution is 0.0957. The highest BCUT2D eigenvalue weighted by Crippen LogP contribution is 2.16. The van der Waals surface area contributed by atoms with E-state index in [1.165, 1.54) is 16.9 Å². The maximum absolute atomic E-state index is 11.2. The van der Waals surface area contributed by atoms with Crippen LogP contribution >= 0.6 is 11.3 Å². The molecule has 2 rings (SSSR count). The highest BCUT2D eigenvalue weighted by atomic mass is 32.1. The van der Waals surface area contributed by atoms with E-state index in [2.05, 4.69) is 10.4 Å². The summed E-state index contributed by atoms with van der Waals surface area (Å²) in [7, 11) is 0. The van der Waals surface area contributed by atoms with E-state index in [9.17, 15) is 4.79 Å². The van der Waals surface area contributed by atoms with Crippen LogP contribution in [0.15, 0.2) is 36.5 Å². The van der Waals surface area contributed by atoms with Crippen molar-refractivity contribution in [2.24, 2.45) is 5.84 Å². The van der Waals surface area contributed by atoms with Crippen molar-refractivity contribution in [1.82, 2.24) is 10.4 Å². The quantitative estimate of drug-likeness (QED) is 0.477. The monoisotopic (exact) mass is 233 g/mol. The molecule has 0 saturated heterocycles. The van der Waals surface area contributed by atoms with Gasteiger partial charge in [0.2, 0.25) is 0 Å². The first kappa shape index (κ1) is 10.8. The molecule has 1 heterocycles. The number of benzene rings is 1. The van der Waals surface area contributed by atoms with E-state index in [-0.39, 0.29) is 5.91 Å². The molecule has 82 valence electrons. The molecule has 1 aromatic carbocycles. The van der Waals surface area contributed by atoms with Gasteiger partial charge in [0, 0.05) is 6.42 Å². The van der Waals surface area contributed by atoms with Gasteiger partial charge in [0.05, 0.1) is 11.2 Å². The Labute approximate surface area is 97.1 Å². The first-order chi connectivity index (χ1) is 7.79. The number of carbonyl (C=O) groups is 1. The zero-order valence-electron chi connectivity index (χ0n) is 8.51. The van der Waals surface area contributed by atoms with Crippen LogP contribution in [0.3, 0.4) is 0 Å². The van der Waals surface area contributed by atoms with Crippen molar-refractivity contribution in [2.45, 2.75) is 6.42 Å². The summed E-state index contributed by atoms with van der Waals surface area (Å²) >= 11 is 1.36. The van der Waals surface area contributed by atoms with Crippen molar-refractivity contribution in [2.75, 3.05) is 0 Å². The maximum atomic E-state index is 11.2. The Morgan fingerprint density at radius 3 is 2.81 bits per heavy atom. The van der Waals surface area contributed by atoms with Gasteiger partial charge >= 0.3 is 0 Å². The van der Waals surface area contributed by atoms with Gasteiger partial charge in [0.15, 0.2) is 0 Å². The van der Waals surface area contributed by atoms with Crippen molar-refractivity contribution in [3.8, 4) is 0 Å². The number of nitrogens with two attached hydrogens (primary N) is 1. The average molecular weight is 233 g/mol. The lowest BCUT2D eigenvalue weighted by atomic mass is 10.2. The van der Waals surface area contributed by atoms with Crippen LogP contribution < -0.4 is 11.3 Å². The van der Waals surface area contributed by atoms with E-state index < -0.39 is 0 Å². The number of carbonyl (C=O) groups excluding carboxylic acids is 1. The number of amides is 1. The second-order valence-corrected chi connectivity index (χ2v) is 4.37. The van der Waals surface area contributed by atoms with Crippen molar-refractivity contribution in [3.63, 3.8) is 0 Å². The van der Waals surface area contributed by atoms with Crippen LogP contribution in [-0.4, -0.2) is 10.9 Å². The molecule has 0 spiro atoms. The molecule has 0 fully saturated rings. The third-order valence-corrected chi connectivity index (χ3v) is 3.10. The predicted molar refractivity (Wildman–Crippen MR) is 63.0 cm³/mol. The van der Waals surface area contributed by atoms with Gasteiger partial charge in [-0.25, -0.2) is 10.8 Å². The van der Waals surface area contributed by atoms with Crippen LogP contribution in [0.2, 0.25) is 0 Å². The Morgan fingerprint density at radius 1 is 1.38 bits per heavy atom. The Morgan fingerprint density at radius 2 is 2.12 bits per heavy atom. The summed E-state index contributed by atoms with van der Waals surface area (Å²) in [4.78, 5) is 15.9. The first-order valence-electron chi connectivity index (χ1n) is 4.79. The molecule has 0 saturated carbocycles. The van der Waals surface area contributed by atoms with Gasteiger partial charge in [-0.3, -0.25) is 10.2 Å². The molecular weight excluding hydrogens is 222 g/mol. The minimum atomic E-state index is -0.295. The molecule has 16 heavy (non-hydrogen) atoms. The maximum Gasteiger partial charge on any atom is 0.276 e. The number of hydrogen-bond acceptors (Lipinski definition) is 4. The van der Waals surface area contributed by atoms with Gasteiger partial charge in [-0.05, 0) is 5.56 Å². The molecule has 1 aromatic heterocycles. The lowest BCUT2D eigenvalue weighted by Crippen LogP contribution is -2.29. The van der Waals surface area contributed by atoms with Gasteiger partial charge in [0.25, 0.3) is 5.91 Å². The number of nitrogens with one attached hydrogen (secondary N) is 1. The SMILES string of the molecule is NNC(=O)c1cnc(Cc2ccccc2)s1. The summed E-state index contributed by atoms with van der Waals surface area (Å²) in [5.74, 6) is 4.75. The molecule has 2 aromatic rings. The first-order valence-corrected chi connectivity index (χ1v) is 5.61. The van der Waals surface area contributed by atoms with E-state index >= 15 is 0 Å². The second kappa shape index (κ2) is 4.87. The van der Waals surface area contributed by atoms with Crippen molar-refractivity contribution in [3.05, 3.63) is 52.0 Å². The third kappa shape index (κ3) is 2.44. The van der Waals surface area contributed by atoms with E-state index in [1.54, 1.807) is 6.20 Å². The van der Waals surface area contributed by atoms with Crippen molar-refractivity contribution in [1.29, 1.82) is 0 Å². The number of thiazole rings is 1. The minimum absolute atomic E-state index is 0.295. The van der Waals surface area contributed by atoms with Gasteiger partial charge in [-0.2, -0.15) is 0 Å². The highest BCUT2D eigenvalue weighted by Gasteiger charge is 2.08. The fourth-order valence-corrected chi connectivity index (χ4v) is 2.19. The number of nitrogens with zero attached hydrogens (tertiary/aromatic N) is 1.